The van der Waals surface area contributed by atoms with Gasteiger partial charge in [0, 0.05) is 26.6 Å². The van der Waals surface area contributed by atoms with E-state index in [0.29, 0.717) is 25.0 Å². The van der Waals surface area contributed by atoms with Crippen molar-refractivity contribution >= 4 is 17.4 Å². The lowest BCUT2D eigenvalue weighted by atomic mass is 9.88. The Kier molecular flexibility index (Phi) is 6.03. The summed E-state index contributed by atoms with van der Waals surface area (Å²) in [5.74, 6) is 1.70. The van der Waals surface area contributed by atoms with Crippen molar-refractivity contribution in [3.05, 3.63) is 16.5 Å². The summed E-state index contributed by atoms with van der Waals surface area (Å²) >= 11 is 0. The Hall–Kier alpha value is -2.22. The smallest absolute Gasteiger partial charge is 0.312 e. The lowest BCUT2D eigenvalue weighted by Gasteiger charge is -2.29. The highest BCUT2D eigenvalue weighted by Gasteiger charge is 2.26. The number of fused-ring (bicyclic) bond motifs is 2. The van der Waals surface area contributed by atoms with Crippen LogP contribution in [0.15, 0.2) is 0 Å². The lowest BCUT2D eigenvalue weighted by molar-refractivity contribution is 0.199. The van der Waals surface area contributed by atoms with Crippen molar-refractivity contribution in [1.82, 2.24) is 20.2 Å². The number of hydrogen-bond donors (Lipinski definition) is 4. The lowest BCUT2D eigenvalue weighted by Crippen LogP contribution is -2.51. The zero-order valence-corrected chi connectivity index (χ0v) is 15.5. The molecule has 1 aliphatic carbocycles. The van der Waals surface area contributed by atoms with E-state index in [1.54, 1.807) is 7.11 Å². The average molecular weight is 362 g/mol. The van der Waals surface area contributed by atoms with Crippen LogP contribution in [0.2, 0.25) is 0 Å². The van der Waals surface area contributed by atoms with Gasteiger partial charge in [0.25, 0.3) is 0 Å². The SMILES string of the molecule is COCCc1nc2c(n1CCCCNC(N)=O)=C1CCCCC1NC=2N. The fourth-order valence-corrected chi connectivity index (χ4v) is 3.96. The van der Waals surface area contributed by atoms with Crippen molar-refractivity contribution in [2.75, 3.05) is 20.3 Å². The van der Waals surface area contributed by atoms with Gasteiger partial charge < -0.3 is 31.4 Å². The minimum atomic E-state index is -0.472. The summed E-state index contributed by atoms with van der Waals surface area (Å²) in [7, 11) is 1.71. The molecule has 144 valence electrons. The molecule has 1 aliphatic heterocycles. The number of rotatable bonds is 8. The summed E-state index contributed by atoms with van der Waals surface area (Å²) in [5.41, 5.74) is 12.9. The number of nitrogens with two attached hydrogens (primary N) is 2. The van der Waals surface area contributed by atoms with Gasteiger partial charge in [-0.2, -0.15) is 0 Å². The van der Waals surface area contributed by atoms with Gasteiger partial charge in [-0.3, -0.25) is 0 Å². The van der Waals surface area contributed by atoms with Crippen LogP contribution < -0.4 is 32.8 Å². The minimum absolute atomic E-state index is 0.332. The van der Waals surface area contributed by atoms with Gasteiger partial charge >= 0.3 is 6.03 Å². The molecule has 0 radical (unpaired) electrons. The summed E-state index contributed by atoms with van der Waals surface area (Å²) in [4.78, 5) is 15.6. The number of aromatic nitrogens is 2. The molecule has 0 aromatic carbocycles. The number of hydrogen-bond acceptors (Lipinski definition) is 5. The molecule has 2 heterocycles. The first-order valence-electron chi connectivity index (χ1n) is 9.49. The van der Waals surface area contributed by atoms with Crippen LogP contribution in [0.5, 0.6) is 0 Å². The van der Waals surface area contributed by atoms with Crippen LogP contribution in [0.1, 0.15) is 44.3 Å². The zero-order valence-electron chi connectivity index (χ0n) is 15.5. The number of unbranched alkanes of at least 4 members (excludes halogenated alkanes) is 1. The largest absolute Gasteiger partial charge is 0.384 e. The molecular weight excluding hydrogens is 332 g/mol. The van der Waals surface area contributed by atoms with Gasteiger partial charge in [-0.15, -0.1) is 0 Å². The van der Waals surface area contributed by atoms with Gasteiger partial charge in [0.05, 0.1) is 18.0 Å². The second-order valence-electron chi connectivity index (χ2n) is 7.00. The number of primary amides is 1. The van der Waals surface area contributed by atoms with Gasteiger partial charge in [-0.05, 0) is 37.7 Å². The van der Waals surface area contributed by atoms with E-state index in [2.05, 4.69) is 15.2 Å². The van der Waals surface area contributed by atoms with E-state index in [0.717, 1.165) is 49.8 Å². The molecule has 1 aromatic heterocycles. The van der Waals surface area contributed by atoms with Gasteiger partial charge in [-0.1, -0.05) is 6.42 Å². The molecule has 3 rings (SSSR count). The second kappa shape index (κ2) is 8.44. The Balaban J connectivity index is 1.91. The predicted octanol–water partition coefficient (Wildman–Crippen LogP) is -0.759. The molecule has 6 N–H and O–H groups in total. The topological polar surface area (TPSA) is 120 Å². The number of nitrogens with zero attached hydrogens (tertiary/aromatic N) is 2. The fourth-order valence-electron chi connectivity index (χ4n) is 3.96. The van der Waals surface area contributed by atoms with Gasteiger partial charge in [-0.25, -0.2) is 9.78 Å². The maximum Gasteiger partial charge on any atom is 0.312 e. The summed E-state index contributed by atoms with van der Waals surface area (Å²) < 4.78 is 7.58. The number of imidazole rings is 1. The van der Waals surface area contributed by atoms with Crippen LogP contribution in [-0.2, 0) is 17.7 Å². The Morgan fingerprint density at radius 3 is 3.04 bits per heavy atom. The van der Waals surface area contributed by atoms with Gasteiger partial charge in [0.2, 0.25) is 0 Å². The van der Waals surface area contributed by atoms with Crippen molar-refractivity contribution in [2.24, 2.45) is 11.5 Å². The maximum absolute atomic E-state index is 10.8. The highest BCUT2D eigenvalue weighted by Crippen LogP contribution is 2.25. The predicted molar refractivity (Wildman–Crippen MR) is 100 cm³/mol. The van der Waals surface area contributed by atoms with E-state index in [-0.39, 0.29) is 0 Å². The second-order valence-corrected chi connectivity index (χ2v) is 7.00. The highest BCUT2D eigenvalue weighted by atomic mass is 16.5. The van der Waals surface area contributed by atoms with Crippen LogP contribution in [0.25, 0.3) is 11.4 Å². The van der Waals surface area contributed by atoms with E-state index in [1.807, 2.05) is 0 Å². The van der Waals surface area contributed by atoms with Crippen LogP contribution in [0, 0.1) is 0 Å². The molecule has 1 atom stereocenters. The number of carbonyl (C=O) groups excluding carboxylic acids is 1. The third-order valence-electron chi connectivity index (χ3n) is 5.18. The van der Waals surface area contributed by atoms with Crippen LogP contribution in [0.3, 0.4) is 0 Å². The molecule has 1 unspecified atom stereocenters. The van der Waals surface area contributed by atoms with E-state index >= 15 is 0 Å². The molecule has 0 spiro atoms. The summed E-state index contributed by atoms with van der Waals surface area (Å²) in [6.45, 7) is 2.07. The molecular formula is C18H30N6O2. The number of ether oxygens (including phenoxy) is 1. The zero-order chi connectivity index (χ0) is 18.5. The first kappa shape index (κ1) is 18.6. The Bertz CT molecular complexity index is 769. The third-order valence-corrected chi connectivity index (χ3v) is 5.18. The van der Waals surface area contributed by atoms with Crippen molar-refractivity contribution < 1.29 is 9.53 Å². The number of amides is 2. The van der Waals surface area contributed by atoms with Gasteiger partial charge in [0.15, 0.2) is 0 Å². The number of nitrogens with one attached hydrogen (secondary N) is 2. The molecule has 2 aliphatic rings. The highest BCUT2D eigenvalue weighted by molar-refractivity contribution is 5.71. The fraction of sp³-hybridized carbons (Fsp3) is 0.667. The number of methoxy groups -OCH3 is 1. The molecule has 26 heavy (non-hydrogen) atoms. The summed E-state index contributed by atoms with van der Waals surface area (Å²) in [6.07, 6.45) is 7.23. The van der Waals surface area contributed by atoms with E-state index in [4.69, 9.17) is 21.2 Å². The number of carbonyl (C=O) groups is 1. The van der Waals surface area contributed by atoms with Crippen LogP contribution in [-0.4, -0.2) is 41.9 Å². The first-order valence-corrected chi connectivity index (χ1v) is 9.49. The van der Waals surface area contributed by atoms with Crippen molar-refractivity contribution in [2.45, 2.75) is 57.5 Å². The van der Waals surface area contributed by atoms with E-state index < -0.39 is 6.03 Å². The molecule has 0 bridgehead atoms. The molecule has 1 fully saturated rings. The van der Waals surface area contributed by atoms with Crippen LogP contribution >= 0.6 is 0 Å². The van der Waals surface area contributed by atoms with Crippen LogP contribution in [0.4, 0.5) is 4.79 Å². The molecule has 0 saturated heterocycles. The molecule has 8 heteroatoms. The van der Waals surface area contributed by atoms with Gasteiger partial charge in [0.1, 0.15) is 17.0 Å². The molecule has 1 aromatic rings. The van der Waals surface area contributed by atoms with Crippen molar-refractivity contribution in [1.29, 1.82) is 0 Å². The Morgan fingerprint density at radius 1 is 1.42 bits per heavy atom. The van der Waals surface area contributed by atoms with E-state index in [9.17, 15) is 4.79 Å². The monoisotopic (exact) mass is 362 g/mol. The summed E-state index contributed by atoms with van der Waals surface area (Å²) in [5, 5.41) is 8.19. The molecule has 8 nitrogen and oxygen atoms in total. The third kappa shape index (κ3) is 3.95. The minimum Gasteiger partial charge on any atom is -0.384 e. The Labute approximate surface area is 153 Å². The first-order chi connectivity index (χ1) is 12.6. The number of urea groups is 1. The molecule has 1 saturated carbocycles. The maximum atomic E-state index is 10.8. The average Bonchev–Trinajstić information content (AvgIpc) is 2.99. The summed E-state index contributed by atoms with van der Waals surface area (Å²) in [6, 6.07) is -0.140. The normalized spacial score (nSPS) is 18.9. The standard InChI is InChI=1S/C18H30N6O2/c1-26-11-8-14-23-15-16(24(14)10-5-4-9-21-18(20)25)12-6-2-3-7-13(12)22-17(15)19/h13,22H,2-11,19H2,1H3,(H3,20,21,25). The van der Waals surface area contributed by atoms with Crippen molar-refractivity contribution in [3.8, 4) is 0 Å². The van der Waals surface area contributed by atoms with E-state index in [1.165, 1.54) is 23.8 Å². The van der Waals surface area contributed by atoms with Crippen molar-refractivity contribution in [3.63, 3.8) is 0 Å². The Morgan fingerprint density at radius 2 is 2.27 bits per heavy atom. The molecule has 2 amide bonds. The quantitative estimate of drug-likeness (QED) is 0.453.